The number of pyridine rings is 1. The van der Waals surface area contributed by atoms with Crippen molar-refractivity contribution in [3.63, 3.8) is 0 Å². The van der Waals surface area contributed by atoms with Gasteiger partial charge in [0.05, 0.1) is 13.2 Å². The van der Waals surface area contributed by atoms with Crippen LogP contribution in [0.3, 0.4) is 0 Å². The Balaban J connectivity index is 1.68. The Hall–Kier alpha value is -2.62. The topological polar surface area (TPSA) is 98.4 Å². The molecule has 8 nitrogen and oxygen atoms in total. The van der Waals surface area contributed by atoms with E-state index < -0.39 is 16.1 Å². The molecule has 0 unspecified atom stereocenters. The molecule has 1 aliphatic heterocycles. The van der Waals surface area contributed by atoms with Gasteiger partial charge < -0.3 is 9.26 Å². The Morgan fingerprint density at radius 1 is 1.12 bits per heavy atom. The number of morpholine rings is 1. The molecule has 0 spiro atoms. The molecule has 0 amide bonds. The van der Waals surface area contributed by atoms with E-state index in [4.69, 9.17) is 9.26 Å². The van der Waals surface area contributed by atoms with Crippen LogP contribution in [0.1, 0.15) is 11.9 Å². The number of ether oxygens (including phenoxy) is 1. The number of aromatic nitrogens is 3. The summed E-state index contributed by atoms with van der Waals surface area (Å²) in [5, 5.41) is 3.99. The highest BCUT2D eigenvalue weighted by Gasteiger charge is 2.38. The summed E-state index contributed by atoms with van der Waals surface area (Å²) >= 11 is 0. The molecule has 0 N–H and O–H groups in total. The molecule has 9 heteroatoms. The van der Waals surface area contributed by atoms with Gasteiger partial charge in [-0.25, -0.2) is 8.42 Å². The zero-order valence-electron chi connectivity index (χ0n) is 13.7. The maximum atomic E-state index is 13.0. The number of sulfonamides is 1. The molecule has 0 radical (unpaired) electrons. The lowest BCUT2D eigenvalue weighted by molar-refractivity contribution is 0.0282. The van der Waals surface area contributed by atoms with Gasteiger partial charge in [-0.15, -0.1) is 0 Å². The molecule has 0 bridgehead atoms. The van der Waals surface area contributed by atoms with Crippen molar-refractivity contribution in [1.82, 2.24) is 19.4 Å². The molecule has 1 fully saturated rings. The first kappa shape index (κ1) is 16.8. The maximum Gasteiger partial charge on any atom is 0.257 e. The number of hydrogen-bond donors (Lipinski definition) is 0. The Kier molecular flexibility index (Phi) is 4.49. The summed E-state index contributed by atoms with van der Waals surface area (Å²) in [6.07, 6.45) is 2.86. The van der Waals surface area contributed by atoms with E-state index in [9.17, 15) is 8.42 Å². The quantitative estimate of drug-likeness (QED) is 0.690. The van der Waals surface area contributed by atoms with Crippen LogP contribution >= 0.6 is 0 Å². The average molecular weight is 372 g/mol. The Morgan fingerprint density at radius 2 is 1.96 bits per heavy atom. The first-order valence-corrected chi connectivity index (χ1v) is 9.49. The molecular weight excluding hydrogens is 356 g/mol. The van der Waals surface area contributed by atoms with Crippen molar-refractivity contribution in [2.75, 3.05) is 19.8 Å². The standard InChI is InChI=1S/C17H16N4O4S/c22-26(23,14-7-4-8-18-11-14)21-9-10-24-12-15(21)16-19-17(25-20-16)13-5-2-1-3-6-13/h1-8,11,15H,9-10,12H2/t15-/m1/s1. The summed E-state index contributed by atoms with van der Waals surface area (Å²) in [6, 6.07) is 11.7. The molecule has 0 saturated carbocycles. The molecule has 1 aromatic carbocycles. The van der Waals surface area contributed by atoms with Crippen LogP contribution in [-0.4, -0.2) is 47.6 Å². The zero-order valence-corrected chi connectivity index (χ0v) is 14.5. The molecular formula is C17H16N4O4S. The van der Waals surface area contributed by atoms with Crippen molar-refractivity contribution in [2.45, 2.75) is 10.9 Å². The van der Waals surface area contributed by atoms with Gasteiger partial charge in [0.15, 0.2) is 5.82 Å². The molecule has 4 rings (SSSR count). The minimum atomic E-state index is -3.75. The molecule has 1 aliphatic rings. The highest BCUT2D eigenvalue weighted by molar-refractivity contribution is 7.89. The normalized spacial score (nSPS) is 18.7. The highest BCUT2D eigenvalue weighted by atomic mass is 32.2. The minimum absolute atomic E-state index is 0.124. The van der Waals surface area contributed by atoms with Crippen molar-refractivity contribution >= 4 is 10.0 Å². The van der Waals surface area contributed by atoms with Gasteiger partial charge in [-0.3, -0.25) is 4.98 Å². The second-order valence-corrected chi connectivity index (χ2v) is 7.61. The van der Waals surface area contributed by atoms with Gasteiger partial charge in [0, 0.05) is 24.5 Å². The van der Waals surface area contributed by atoms with Crippen molar-refractivity contribution in [3.05, 3.63) is 60.7 Å². The van der Waals surface area contributed by atoms with Crippen molar-refractivity contribution < 1.29 is 17.7 Å². The van der Waals surface area contributed by atoms with Crippen LogP contribution in [0.2, 0.25) is 0 Å². The van der Waals surface area contributed by atoms with Crippen LogP contribution in [0.5, 0.6) is 0 Å². The second kappa shape index (κ2) is 6.94. The van der Waals surface area contributed by atoms with Gasteiger partial charge in [-0.2, -0.15) is 9.29 Å². The van der Waals surface area contributed by atoms with Gasteiger partial charge in [0.25, 0.3) is 5.89 Å². The molecule has 1 saturated heterocycles. The predicted molar refractivity (Wildman–Crippen MR) is 91.4 cm³/mol. The Bertz CT molecular complexity index is 976. The van der Waals surface area contributed by atoms with Crippen LogP contribution in [0.25, 0.3) is 11.5 Å². The van der Waals surface area contributed by atoms with Crippen LogP contribution in [0, 0.1) is 0 Å². The maximum absolute atomic E-state index is 13.0. The summed E-state index contributed by atoms with van der Waals surface area (Å²) < 4.78 is 38.1. The fourth-order valence-electron chi connectivity index (χ4n) is 2.78. The summed E-state index contributed by atoms with van der Waals surface area (Å²) in [5.41, 5.74) is 0.768. The van der Waals surface area contributed by atoms with Crippen molar-refractivity contribution in [1.29, 1.82) is 0 Å². The van der Waals surface area contributed by atoms with Gasteiger partial charge in [0.1, 0.15) is 10.9 Å². The fourth-order valence-corrected chi connectivity index (χ4v) is 4.30. The van der Waals surface area contributed by atoms with Crippen molar-refractivity contribution in [3.8, 4) is 11.5 Å². The predicted octanol–water partition coefficient (Wildman–Crippen LogP) is 1.89. The monoisotopic (exact) mass is 372 g/mol. The third kappa shape index (κ3) is 3.12. The van der Waals surface area contributed by atoms with Crippen molar-refractivity contribution in [2.24, 2.45) is 0 Å². The van der Waals surface area contributed by atoms with Gasteiger partial charge in [-0.05, 0) is 24.3 Å². The number of benzene rings is 1. The van der Waals surface area contributed by atoms with E-state index in [1.165, 1.54) is 22.8 Å². The molecule has 3 heterocycles. The van der Waals surface area contributed by atoms with E-state index in [0.29, 0.717) is 12.5 Å². The van der Waals surface area contributed by atoms with Gasteiger partial charge in [0.2, 0.25) is 10.0 Å². The third-order valence-electron chi connectivity index (χ3n) is 4.08. The summed E-state index contributed by atoms with van der Waals surface area (Å²) in [4.78, 5) is 8.41. The number of rotatable bonds is 4. The largest absolute Gasteiger partial charge is 0.378 e. The van der Waals surface area contributed by atoms with E-state index in [1.54, 1.807) is 6.07 Å². The van der Waals surface area contributed by atoms with Crippen LogP contribution < -0.4 is 0 Å². The number of nitrogens with zero attached hydrogens (tertiary/aromatic N) is 4. The lowest BCUT2D eigenvalue weighted by Crippen LogP contribution is -2.43. The van der Waals surface area contributed by atoms with E-state index in [-0.39, 0.29) is 23.9 Å². The van der Waals surface area contributed by atoms with Gasteiger partial charge >= 0.3 is 0 Å². The van der Waals surface area contributed by atoms with Crippen LogP contribution in [0.4, 0.5) is 0 Å². The summed E-state index contributed by atoms with van der Waals surface area (Å²) in [5.74, 6) is 0.612. The van der Waals surface area contributed by atoms with Crippen LogP contribution in [0.15, 0.2) is 64.3 Å². The third-order valence-corrected chi connectivity index (χ3v) is 5.97. The first-order chi connectivity index (χ1) is 12.7. The Morgan fingerprint density at radius 3 is 2.73 bits per heavy atom. The minimum Gasteiger partial charge on any atom is -0.378 e. The van der Waals surface area contributed by atoms with E-state index >= 15 is 0 Å². The average Bonchev–Trinajstić information content (AvgIpc) is 3.19. The SMILES string of the molecule is O=S(=O)(c1cccnc1)N1CCOC[C@@H]1c1noc(-c2ccccc2)n1. The van der Waals surface area contributed by atoms with Crippen LogP contribution in [-0.2, 0) is 14.8 Å². The molecule has 1 atom stereocenters. The summed E-state index contributed by atoms with van der Waals surface area (Å²) in [6.45, 7) is 0.670. The zero-order chi connectivity index (χ0) is 18.0. The van der Waals surface area contributed by atoms with E-state index in [2.05, 4.69) is 15.1 Å². The van der Waals surface area contributed by atoms with E-state index in [1.807, 2.05) is 30.3 Å². The highest BCUT2D eigenvalue weighted by Crippen LogP contribution is 2.29. The fraction of sp³-hybridized carbons (Fsp3) is 0.235. The molecule has 3 aromatic rings. The molecule has 134 valence electrons. The molecule has 2 aromatic heterocycles. The summed E-state index contributed by atoms with van der Waals surface area (Å²) in [7, 11) is -3.75. The lowest BCUT2D eigenvalue weighted by Gasteiger charge is -2.32. The van der Waals surface area contributed by atoms with Gasteiger partial charge in [-0.1, -0.05) is 23.4 Å². The molecule has 26 heavy (non-hydrogen) atoms. The smallest absolute Gasteiger partial charge is 0.257 e. The number of hydrogen-bond acceptors (Lipinski definition) is 7. The second-order valence-electron chi connectivity index (χ2n) is 5.72. The Labute approximate surface area is 150 Å². The first-order valence-electron chi connectivity index (χ1n) is 8.05. The molecule has 0 aliphatic carbocycles. The lowest BCUT2D eigenvalue weighted by atomic mass is 10.2. The van der Waals surface area contributed by atoms with E-state index in [0.717, 1.165) is 5.56 Å².